The number of fused-ring (bicyclic) bond motifs is 2. The first-order chi connectivity index (χ1) is 6.83. The van der Waals surface area contributed by atoms with E-state index in [2.05, 4.69) is 0 Å². The molecule has 0 aliphatic heterocycles. The van der Waals surface area contributed by atoms with Gasteiger partial charge in [-0.25, -0.2) is 4.39 Å². The second kappa shape index (κ2) is 2.48. The van der Waals surface area contributed by atoms with Crippen LogP contribution in [0.4, 0.5) is 4.39 Å². The van der Waals surface area contributed by atoms with Gasteiger partial charge in [-0.2, -0.15) is 0 Å². The molecular formula is C11H8FNO. The van der Waals surface area contributed by atoms with Gasteiger partial charge in [0.25, 0.3) is 6.26 Å². The Kier molecular flexibility index (Phi) is 1.38. The number of benzene rings is 1. The fourth-order valence-corrected chi connectivity index (χ4v) is 2.27. The number of rotatable bonds is 1. The van der Waals surface area contributed by atoms with Gasteiger partial charge in [-0.1, -0.05) is 0 Å². The third-order valence-electron chi connectivity index (χ3n) is 3.20. The van der Waals surface area contributed by atoms with Gasteiger partial charge < -0.3 is 4.74 Å². The molecule has 0 atom stereocenters. The fourth-order valence-electron chi connectivity index (χ4n) is 2.27. The standard InChI is InChI=1S/C11H8FNO/c12-10-6-1-3-8(6)11(14-5-13)9-4-2-7(9)10/h1-4H2. The smallest absolute Gasteiger partial charge is 0.292 e. The summed E-state index contributed by atoms with van der Waals surface area (Å²) in [5.41, 5.74) is 3.38. The number of hydrogen-bond acceptors (Lipinski definition) is 2. The number of hydrogen-bond donors (Lipinski definition) is 0. The van der Waals surface area contributed by atoms with Gasteiger partial charge in [-0.15, -0.1) is 5.26 Å². The molecule has 14 heavy (non-hydrogen) atoms. The summed E-state index contributed by atoms with van der Waals surface area (Å²) in [7, 11) is 0. The molecule has 1 aromatic carbocycles. The monoisotopic (exact) mass is 189 g/mol. The van der Waals surface area contributed by atoms with Gasteiger partial charge in [0.2, 0.25) is 0 Å². The third-order valence-corrected chi connectivity index (χ3v) is 3.20. The molecule has 0 radical (unpaired) electrons. The van der Waals surface area contributed by atoms with E-state index in [-0.39, 0.29) is 5.82 Å². The molecule has 2 aliphatic rings. The van der Waals surface area contributed by atoms with Crippen molar-refractivity contribution < 1.29 is 9.13 Å². The summed E-state index contributed by atoms with van der Waals surface area (Å²) >= 11 is 0. The SMILES string of the molecule is N#COc1c2c(c(F)c3c1CC3)CC2. The van der Waals surface area contributed by atoms with Crippen molar-refractivity contribution in [3.8, 4) is 12.0 Å². The van der Waals surface area contributed by atoms with Gasteiger partial charge >= 0.3 is 0 Å². The predicted molar refractivity (Wildman–Crippen MR) is 47.5 cm³/mol. The molecule has 2 nitrogen and oxygen atoms in total. The summed E-state index contributed by atoms with van der Waals surface area (Å²) < 4.78 is 18.6. The maximum atomic E-state index is 13.6. The zero-order valence-electron chi connectivity index (χ0n) is 7.56. The van der Waals surface area contributed by atoms with E-state index >= 15 is 0 Å². The Bertz CT molecular complexity index is 440. The quantitative estimate of drug-likeness (QED) is 0.632. The highest BCUT2D eigenvalue weighted by molar-refractivity contribution is 5.59. The Morgan fingerprint density at radius 2 is 1.50 bits per heavy atom. The molecule has 0 heterocycles. The Labute approximate surface area is 80.9 Å². The highest BCUT2D eigenvalue weighted by atomic mass is 19.1. The Balaban J connectivity index is 2.26. The summed E-state index contributed by atoms with van der Waals surface area (Å²) in [5.74, 6) is 0.606. The highest BCUT2D eigenvalue weighted by Gasteiger charge is 2.33. The second-order valence-electron chi connectivity index (χ2n) is 3.75. The van der Waals surface area contributed by atoms with Crippen LogP contribution in [-0.2, 0) is 25.7 Å². The first kappa shape index (κ1) is 7.81. The van der Waals surface area contributed by atoms with Gasteiger partial charge in [0.15, 0.2) is 0 Å². The third kappa shape index (κ3) is 0.741. The Morgan fingerprint density at radius 1 is 1.00 bits per heavy atom. The van der Waals surface area contributed by atoms with Crippen molar-refractivity contribution in [1.82, 2.24) is 0 Å². The summed E-state index contributed by atoms with van der Waals surface area (Å²) in [6, 6.07) is 0. The second-order valence-corrected chi connectivity index (χ2v) is 3.75. The summed E-state index contributed by atoms with van der Waals surface area (Å²) in [5, 5.41) is 8.50. The highest BCUT2D eigenvalue weighted by Crippen LogP contribution is 2.44. The van der Waals surface area contributed by atoms with Crippen molar-refractivity contribution in [3.05, 3.63) is 28.1 Å². The van der Waals surface area contributed by atoms with Crippen molar-refractivity contribution in [2.24, 2.45) is 0 Å². The van der Waals surface area contributed by atoms with E-state index in [0.717, 1.165) is 47.9 Å². The van der Waals surface area contributed by atoms with Crippen molar-refractivity contribution in [3.63, 3.8) is 0 Å². The normalized spacial score (nSPS) is 15.7. The first-order valence-corrected chi connectivity index (χ1v) is 4.74. The molecule has 0 amide bonds. The molecule has 3 heteroatoms. The lowest BCUT2D eigenvalue weighted by Crippen LogP contribution is -2.22. The van der Waals surface area contributed by atoms with Crippen LogP contribution in [0.3, 0.4) is 0 Å². The first-order valence-electron chi connectivity index (χ1n) is 4.74. The molecular weight excluding hydrogens is 181 g/mol. The van der Waals surface area contributed by atoms with Crippen LogP contribution in [0.5, 0.6) is 5.75 Å². The molecule has 1 aromatic rings. The van der Waals surface area contributed by atoms with E-state index < -0.39 is 0 Å². The minimum atomic E-state index is -0.0437. The van der Waals surface area contributed by atoms with Gasteiger partial charge in [-0.3, -0.25) is 0 Å². The zero-order chi connectivity index (χ0) is 9.71. The summed E-state index contributed by atoms with van der Waals surface area (Å²) in [6.07, 6.45) is 4.95. The number of nitriles is 1. The molecule has 0 saturated heterocycles. The van der Waals surface area contributed by atoms with Crippen LogP contribution in [-0.4, -0.2) is 0 Å². The molecule has 2 aliphatic carbocycles. The molecule has 0 N–H and O–H groups in total. The van der Waals surface area contributed by atoms with Crippen molar-refractivity contribution >= 4 is 0 Å². The molecule has 0 spiro atoms. The molecule has 0 saturated carbocycles. The topological polar surface area (TPSA) is 33.0 Å². The minimum absolute atomic E-state index is 0.0437. The zero-order valence-corrected chi connectivity index (χ0v) is 7.56. The molecule has 70 valence electrons. The van der Waals surface area contributed by atoms with Crippen LogP contribution < -0.4 is 4.74 Å². The average molecular weight is 189 g/mol. The van der Waals surface area contributed by atoms with Crippen molar-refractivity contribution in [2.45, 2.75) is 25.7 Å². The van der Waals surface area contributed by atoms with E-state index in [1.807, 2.05) is 0 Å². The van der Waals surface area contributed by atoms with Crippen LogP contribution in [0.15, 0.2) is 0 Å². The molecule has 0 fully saturated rings. The predicted octanol–water partition coefficient (Wildman–Crippen LogP) is 1.88. The van der Waals surface area contributed by atoms with E-state index in [1.165, 1.54) is 0 Å². The van der Waals surface area contributed by atoms with Gasteiger partial charge in [0.05, 0.1) is 0 Å². The molecule has 0 unspecified atom stereocenters. The van der Waals surface area contributed by atoms with E-state index in [4.69, 9.17) is 10.00 Å². The van der Waals surface area contributed by atoms with Crippen LogP contribution in [0.1, 0.15) is 22.3 Å². The van der Waals surface area contributed by atoms with Crippen molar-refractivity contribution in [1.29, 1.82) is 5.26 Å². The Hall–Kier alpha value is -1.56. The van der Waals surface area contributed by atoms with E-state index in [1.54, 1.807) is 6.26 Å². The number of nitrogens with zero attached hydrogens (tertiary/aromatic N) is 1. The maximum absolute atomic E-state index is 13.6. The van der Waals surface area contributed by atoms with Crippen LogP contribution in [0.2, 0.25) is 0 Å². The lowest BCUT2D eigenvalue weighted by Gasteiger charge is -2.31. The van der Waals surface area contributed by atoms with Crippen LogP contribution in [0.25, 0.3) is 0 Å². The minimum Gasteiger partial charge on any atom is -0.387 e. The van der Waals surface area contributed by atoms with Gasteiger partial charge in [-0.05, 0) is 36.8 Å². The molecule has 0 bridgehead atoms. The van der Waals surface area contributed by atoms with Crippen LogP contribution in [0, 0.1) is 17.3 Å². The fraction of sp³-hybridized carbons (Fsp3) is 0.364. The maximum Gasteiger partial charge on any atom is 0.292 e. The lowest BCUT2D eigenvalue weighted by molar-refractivity contribution is 0.460. The van der Waals surface area contributed by atoms with Crippen LogP contribution >= 0.6 is 0 Å². The number of halogens is 1. The molecule has 3 rings (SSSR count). The van der Waals surface area contributed by atoms with Gasteiger partial charge in [0.1, 0.15) is 11.6 Å². The van der Waals surface area contributed by atoms with E-state index in [9.17, 15) is 4.39 Å². The molecule has 0 aromatic heterocycles. The Morgan fingerprint density at radius 3 is 1.86 bits per heavy atom. The largest absolute Gasteiger partial charge is 0.387 e. The average Bonchev–Trinajstić information content (AvgIpc) is 1.98. The van der Waals surface area contributed by atoms with Gasteiger partial charge in [0, 0.05) is 11.1 Å². The lowest BCUT2D eigenvalue weighted by atomic mass is 9.76. The summed E-state index contributed by atoms with van der Waals surface area (Å²) in [6.45, 7) is 0. The summed E-state index contributed by atoms with van der Waals surface area (Å²) in [4.78, 5) is 0. The van der Waals surface area contributed by atoms with Crippen molar-refractivity contribution in [2.75, 3.05) is 0 Å². The number of ether oxygens (including phenoxy) is 1. The van der Waals surface area contributed by atoms with E-state index in [0.29, 0.717) is 5.75 Å².